The Morgan fingerprint density at radius 1 is 1.32 bits per heavy atom. The molecule has 1 atom stereocenters. The van der Waals surface area contributed by atoms with E-state index in [1.165, 1.54) is 7.11 Å². The first-order valence-electron chi connectivity index (χ1n) is 6.11. The van der Waals surface area contributed by atoms with Gasteiger partial charge in [0.15, 0.2) is 5.78 Å². The number of nitrogens with zero attached hydrogens (tertiary/aromatic N) is 1. The fraction of sp³-hybridized carbons (Fsp3) is 0.769. The Balaban J connectivity index is 3.03. The highest BCUT2D eigenvalue weighted by Gasteiger charge is 2.54. The summed E-state index contributed by atoms with van der Waals surface area (Å²) in [4.78, 5) is 37.0. The van der Waals surface area contributed by atoms with E-state index >= 15 is 0 Å². The van der Waals surface area contributed by atoms with Crippen LogP contribution in [-0.4, -0.2) is 48.0 Å². The van der Waals surface area contributed by atoms with Crippen LogP contribution >= 0.6 is 0 Å². The lowest BCUT2D eigenvalue weighted by Crippen LogP contribution is -2.48. The largest absolute Gasteiger partial charge is 0.467 e. The molecule has 0 aliphatic carbocycles. The number of ketones is 1. The van der Waals surface area contributed by atoms with Gasteiger partial charge in [0, 0.05) is 0 Å². The van der Waals surface area contributed by atoms with Crippen LogP contribution in [0.5, 0.6) is 0 Å². The molecule has 108 valence electrons. The van der Waals surface area contributed by atoms with Crippen molar-refractivity contribution in [3.05, 3.63) is 0 Å². The third-order valence-electron chi connectivity index (χ3n) is 3.08. The fourth-order valence-electron chi connectivity index (χ4n) is 2.02. The second-order valence-electron chi connectivity index (χ2n) is 6.18. The Morgan fingerprint density at radius 3 is 2.26 bits per heavy atom. The van der Waals surface area contributed by atoms with Crippen LogP contribution in [0, 0.1) is 5.41 Å². The Morgan fingerprint density at radius 2 is 1.84 bits per heavy atom. The van der Waals surface area contributed by atoms with Gasteiger partial charge in [0.2, 0.25) is 0 Å². The van der Waals surface area contributed by atoms with Gasteiger partial charge in [0.1, 0.15) is 11.6 Å². The van der Waals surface area contributed by atoms with Crippen molar-refractivity contribution in [1.29, 1.82) is 0 Å². The molecule has 0 aromatic carbocycles. The van der Waals surface area contributed by atoms with Crippen LogP contribution in [0.4, 0.5) is 4.79 Å². The molecule has 1 saturated heterocycles. The van der Waals surface area contributed by atoms with Gasteiger partial charge in [-0.3, -0.25) is 9.69 Å². The van der Waals surface area contributed by atoms with Gasteiger partial charge in [-0.2, -0.15) is 0 Å². The number of esters is 1. The summed E-state index contributed by atoms with van der Waals surface area (Å²) in [6.45, 7) is 8.29. The summed E-state index contributed by atoms with van der Waals surface area (Å²) in [5, 5.41) is 0. The number of ether oxygens (including phenoxy) is 2. The molecule has 1 amide bonds. The van der Waals surface area contributed by atoms with Crippen LogP contribution in [0.1, 0.15) is 34.6 Å². The van der Waals surface area contributed by atoms with Crippen molar-refractivity contribution >= 4 is 17.8 Å². The van der Waals surface area contributed by atoms with Crippen molar-refractivity contribution < 1.29 is 23.9 Å². The minimum Gasteiger partial charge on any atom is -0.467 e. The van der Waals surface area contributed by atoms with E-state index in [9.17, 15) is 14.4 Å². The molecule has 1 aliphatic rings. The van der Waals surface area contributed by atoms with Crippen molar-refractivity contribution in [2.45, 2.75) is 46.3 Å². The average Bonchev–Trinajstić information content (AvgIpc) is 2.47. The standard InChI is InChI=1S/C13H21NO5/c1-12(2,3)19-11(17)14-7-8(15)13(4,5)9(14)10(16)18-6/h9H,7H2,1-6H3/t9-/m1/s1. The zero-order valence-corrected chi connectivity index (χ0v) is 12.3. The summed E-state index contributed by atoms with van der Waals surface area (Å²) in [6, 6.07) is -0.945. The third-order valence-corrected chi connectivity index (χ3v) is 3.08. The number of hydrogen-bond donors (Lipinski definition) is 0. The van der Waals surface area contributed by atoms with Crippen LogP contribution in [0.15, 0.2) is 0 Å². The molecule has 0 radical (unpaired) electrons. The second kappa shape index (κ2) is 4.83. The molecule has 6 heteroatoms. The minimum absolute atomic E-state index is 0.137. The molecular formula is C13H21NO5. The van der Waals surface area contributed by atoms with Gasteiger partial charge in [0.25, 0.3) is 0 Å². The molecule has 0 aromatic rings. The van der Waals surface area contributed by atoms with E-state index in [1.54, 1.807) is 34.6 Å². The van der Waals surface area contributed by atoms with E-state index in [4.69, 9.17) is 4.74 Å². The van der Waals surface area contributed by atoms with Crippen LogP contribution in [0.2, 0.25) is 0 Å². The fourth-order valence-corrected chi connectivity index (χ4v) is 2.02. The van der Waals surface area contributed by atoms with E-state index < -0.39 is 29.1 Å². The monoisotopic (exact) mass is 271 g/mol. The van der Waals surface area contributed by atoms with Gasteiger partial charge in [0.05, 0.1) is 19.1 Å². The highest BCUT2D eigenvalue weighted by molar-refractivity contribution is 5.99. The van der Waals surface area contributed by atoms with Crippen LogP contribution in [0.3, 0.4) is 0 Å². The maximum absolute atomic E-state index is 12.1. The molecule has 0 aromatic heterocycles. The number of amides is 1. The molecule has 0 N–H and O–H groups in total. The SMILES string of the molecule is COC(=O)[C@H]1N(C(=O)OC(C)(C)C)CC(=O)C1(C)C. The smallest absolute Gasteiger partial charge is 0.411 e. The third kappa shape index (κ3) is 3.05. The molecule has 0 saturated carbocycles. The van der Waals surface area contributed by atoms with Gasteiger partial charge in [-0.05, 0) is 20.8 Å². The van der Waals surface area contributed by atoms with Crippen molar-refractivity contribution in [1.82, 2.24) is 4.90 Å². The van der Waals surface area contributed by atoms with Gasteiger partial charge in [-0.1, -0.05) is 13.8 Å². The number of carbonyl (C=O) groups is 3. The lowest BCUT2D eigenvalue weighted by atomic mass is 9.84. The molecule has 0 spiro atoms. The zero-order chi connectivity index (χ0) is 15.0. The Bertz CT molecular complexity index is 408. The van der Waals surface area contributed by atoms with Crippen LogP contribution in [-0.2, 0) is 19.1 Å². The quantitative estimate of drug-likeness (QED) is 0.673. The van der Waals surface area contributed by atoms with E-state index in [1.807, 2.05) is 0 Å². The maximum atomic E-state index is 12.1. The van der Waals surface area contributed by atoms with E-state index in [-0.39, 0.29) is 12.3 Å². The van der Waals surface area contributed by atoms with Crippen molar-refractivity contribution in [2.75, 3.05) is 13.7 Å². The highest BCUT2D eigenvalue weighted by atomic mass is 16.6. The van der Waals surface area contributed by atoms with E-state index in [0.717, 1.165) is 4.90 Å². The number of Topliss-reactive ketones (excluding diaryl/α,β-unsaturated/α-hetero) is 1. The first kappa shape index (κ1) is 15.5. The second-order valence-corrected chi connectivity index (χ2v) is 6.18. The maximum Gasteiger partial charge on any atom is 0.411 e. The molecule has 1 heterocycles. The summed E-state index contributed by atoms with van der Waals surface area (Å²) >= 11 is 0. The molecule has 19 heavy (non-hydrogen) atoms. The first-order valence-corrected chi connectivity index (χ1v) is 6.11. The number of carbonyl (C=O) groups excluding carboxylic acids is 3. The molecule has 1 aliphatic heterocycles. The Kier molecular flexibility index (Phi) is 3.93. The Labute approximate surface area is 113 Å². The molecule has 1 fully saturated rings. The van der Waals surface area contributed by atoms with E-state index in [0.29, 0.717) is 0 Å². The number of likely N-dealkylation sites (tertiary alicyclic amines) is 1. The molecule has 6 nitrogen and oxygen atoms in total. The zero-order valence-electron chi connectivity index (χ0n) is 12.3. The van der Waals surface area contributed by atoms with Gasteiger partial charge >= 0.3 is 12.1 Å². The molecular weight excluding hydrogens is 250 g/mol. The van der Waals surface area contributed by atoms with Gasteiger partial charge < -0.3 is 9.47 Å². The average molecular weight is 271 g/mol. The van der Waals surface area contributed by atoms with Crippen molar-refractivity contribution in [2.24, 2.45) is 5.41 Å². The van der Waals surface area contributed by atoms with Gasteiger partial charge in [-0.25, -0.2) is 9.59 Å². The predicted molar refractivity (Wildman–Crippen MR) is 67.5 cm³/mol. The number of hydrogen-bond acceptors (Lipinski definition) is 5. The highest BCUT2D eigenvalue weighted by Crippen LogP contribution is 2.34. The number of methoxy groups -OCH3 is 1. The normalized spacial score (nSPS) is 22.3. The van der Waals surface area contributed by atoms with Gasteiger partial charge in [-0.15, -0.1) is 0 Å². The number of rotatable bonds is 1. The first-order chi connectivity index (χ1) is 8.50. The summed E-state index contributed by atoms with van der Waals surface area (Å²) in [5.41, 5.74) is -1.66. The van der Waals surface area contributed by atoms with Crippen molar-refractivity contribution in [3.8, 4) is 0 Å². The lowest BCUT2D eigenvalue weighted by molar-refractivity contribution is -0.149. The van der Waals surface area contributed by atoms with Crippen LogP contribution < -0.4 is 0 Å². The minimum atomic E-state index is -0.968. The summed E-state index contributed by atoms with van der Waals surface area (Å²) in [7, 11) is 1.23. The molecule has 0 unspecified atom stereocenters. The summed E-state index contributed by atoms with van der Waals surface area (Å²) in [5.74, 6) is -0.796. The summed E-state index contributed by atoms with van der Waals surface area (Å²) in [6.07, 6.45) is -0.679. The Hall–Kier alpha value is -1.59. The lowest BCUT2D eigenvalue weighted by Gasteiger charge is -2.30. The van der Waals surface area contributed by atoms with Crippen molar-refractivity contribution in [3.63, 3.8) is 0 Å². The molecule has 0 bridgehead atoms. The topological polar surface area (TPSA) is 72.9 Å². The molecule has 1 rings (SSSR count). The van der Waals surface area contributed by atoms with Crippen LogP contribution in [0.25, 0.3) is 0 Å². The summed E-state index contributed by atoms with van der Waals surface area (Å²) < 4.78 is 9.90. The predicted octanol–water partition coefficient (Wildman–Crippen LogP) is 1.37. The van der Waals surface area contributed by atoms with E-state index in [2.05, 4.69) is 4.74 Å².